The van der Waals surface area contributed by atoms with Crippen LogP contribution in [-0.2, 0) is 16.1 Å². The molecule has 1 fully saturated rings. The molecule has 1 aliphatic rings. The largest absolute Gasteiger partial charge is 0.303 e. The molecule has 0 saturated heterocycles. The molecule has 1 aromatic rings. The van der Waals surface area contributed by atoms with Crippen molar-refractivity contribution in [3.8, 4) is 0 Å². The summed E-state index contributed by atoms with van der Waals surface area (Å²) in [5.74, 6) is 0.106. The molecule has 0 heterocycles. The van der Waals surface area contributed by atoms with Gasteiger partial charge in [0.25, 0.3) is 0 Å². The van der Waals surface area contributed by atoms with E-state index in [1.54, 1.807) is 0 Å². The molecule has 1 N–H and O–H groups in total. The maximum absolute atomic E-state index is 11.5. The van der Waals surface area contributed by atoms with Crippen LogP contribution in [-0.4, -0.2) is 17.6 Å². The summed E-state index contributed by atoms with van der Waals surface area (Å²) in [4.78, 5) is 22.6. The molecule has 2 rings (SSSR count). The Hall–Kier alpha value is -1.48. The number of carbonyl (C=O) groups is 2. The van der Waals surface area contributed by atoms with Crippen molar-refractivity contribution in [2.24, 2.45) is 0 Å². The minimum atomic E-state index is -0.141. The summed E-state index contributed by atoms with van der Waals surface area (Å²) < 4.78 is 0. The number of rotatable bonds is 3. The third-order valence-corrected chi connectivity index (χ3v) is 2.87. The molecule has 16 heavy (non-hydrogen) atoms. The van der Waals surface area contributed by atoms with Gasteiger partial charge in [0.1, 0.15) is 5.78 Å². The van der Waals surface area contributed by atoms with Crippen LogP contribution in [0.1, 0.15) is 24.8 Å². The van der Waals surface area contributed by atoms with Gasteiger partial charge < -0.3 is 5.32 Å². The van der Waals surface area contributed by atoms with Crippen LogP contribution in [0.5, 0.6) is 0 Å². The van der Waals surface area contributed by atoms with Crippen molar-refractivity contribution in [2.45, 2.75) is 31.8 Å². The molecular formula is C13H15NO2. The van der Waals surface area contributed by atoms with Gasteiger partial charge in [-0.25, -0.2) is 0 Å². The van der Waals surface area contributed by atoms with Crippen LogP contribution in [0.15, 0.2) is 30.3 Å². The van der Waals surface area contributed by atoms with E-state index in [-0.39, 0.29) is 24.0 Å². The van der Waals surface area contributed by atoms with Gasteiger partial charge in [-0.2, -0.15) is 0 Å². The first-order chi connectivity index (χ1) is 7.75. The zero-order chi connectivity index (χ0) is 11.4. The van der Waals surface area contributed by atoms with Crippen LogP contribution in [0.25, 0.3) is 0 Å². The monoisotopic (exact) mass is 217 g/mol. The number of benzene rings is 1. The molecule has 0 radical (unpaired) electrons. The van der Waals surface area contributed by atoms with E-state index in [0.717, 1.165) is 5.56 Å². The molecule has 84 valence electrons. The molecule has 0 aromatic heterocycles. The van der Waals surface area contributed by atoms with Crippen molar-refractivity contribution >= 4 is 11.6 Å². The summed E-state index contributed by atoms with van der Waals surface area (Å²) in [5.41, 5.74) is 1.16. The molecule has 0 amide bonds. The van der Waals surface area contributed by atoms with Crippen LogP contribution < -0.4 is 5.32 Å². The van der Waals surface area contributed by atoms with Gasteiger partial charge >= 0.3 is 0 Å². The predicted octanol–water partition coefficient (Wildman–Crippen LogP) is 1.47. The van der Waals surface area contributed by atoms with Crippen LogP contribution >= 0.6 is 0 Å². The van der Waals surface area contributed by atoms with Gasteiger partial charge in [-0.1, -0.05) is 30.3 Å². The molecule has 3 heteroatoms. The Bertz CT molecular complexity index is 386. The summed E-state index contributed by atoms with van der Waals surface area (Å²) in [5, 5.41) is 3.21. The lowest BCUT2D eigenvalue weighted by atomic mass is 9.93. The van der Waals surface area contributed by atoms with Crippen LogP contribution in [0.2, 0.25) is 0 Å². The quantitative estimate of drug-likeness (QED) is 0.780. The molecule has 1 aromatic carbocycles. The summed E-state index contributed by atoms with van der Waals surface area (Å²) >= 11 is 0. The highest BCUT2D eigenvalue weighted by molar-refractivity contribution is 6.03. The molecule has 1 aliphatic carbocycles. The van der Waals surface area contributed by atoms with E-state index in [1.807, 2.05) is 30.3 Å². The average Bonchev–Trinajstić information content (AvgIpc) is 2.29. The van der Waals surface area contributed by atoms with Crippen molar-refractivity contribution in [1.29, 1.82) is 0 Å². The molecule has 1 atom stereocenters. The number of ketones is 2. The van der Waals surface area contributed by atoms with Gasteiger partial charge in [0, 0.05) is 13.0 Å². The van der Waals surface area contributed by atoms with Crippen LogP contribution in [0.4, 0.5) is 0 Å². The smallest absolute Gasteiger partial charge is 0.157 e. The number of Topliss-reactive ketones (excluding diaryl/α,β-unsaturated/α-hetero) is 2. The van der Waals surface area contributed by atoms with Crippen LogP contribution in [0.3, 0.4) is 0 Å². The SMILES string of the molecule is O=C1CCC(NCc2ccccc2)C(=O)C1. The van der Waals surface area contributed by atoms with E-state index >= 15 is 0 Å². The fourth-order valence-corrected chi connectivity index (χ4v) is 1.93. The second-order valence-electron chi connectivity index (χ2n) is 4.14. The molecular weight excluding hydrogens is 202 g/mol. The third kappa shape index (κ3) is 2.76. The number of hydrogen-bond donors (Lipinski definition) is 1. The Morgan fingerprint density at radius 3 is 2.62 bits per heavy atom. The highest BCUT2D eigenvalue weighted by atomic mass is 16.2. The first-order valence-corrected chi connectivity index (χ1v) is 5.57. The summed E-state index contributed by atoms with van der Waals surface area (Å²) in [6.07, 6.45) is 1.27. The van der Waals surface area contributed by atoms with E-state index in [2.05, 4.69) is 5.32 Å². The van der Waals surface area contributed by atoms with Gasteiger partial charge in [-0.15, -0.1) is 0 Å². The molecule has 0 bridgehead atoms. The molecule has 0 spiro atoms. The molecule has 3 nitrogen and oxygen atoms in total. The highest BCUT2D eigenvalue weighted by Crippen LogP contribution is 2.12. The van der Waals surface area contributed by atoms with E-state index < -0.39 is 0 Å². The standard InChI is InChI=1S/C13H15NO2/c15-11-6-7-12(13(16)8-11)14-9-10-4-2-1-3-5-10/h1-5,12,14H,6-9H2. The van der Waals surface area contributed by atoms with Gasteiger partial charge in [0.15, 0.2) is 5.78 Å². The number of nitrogens with one attached hydrogen (secondary N) is 1. The third-order valence-electron chi connectivity index (χ3n) is 2.87. The second kappa shape index (κ2) is 5.03. The van der Waals surface area contributed by atoms with Crippen LogP contribution in [0, 0.1) is 0 Å². The average molecular weight is 217 g/mol. The minimum absolute atomic E-state index is 0.0344. The summed E-state index contributed by atoms with van der Waals surface area (Å²) in [7, 11) is 0. The van der Waals surface area contributed by atoms with Crippen molar-refractivity contribution in [3.05, 3.63) is 35.9 Å². The van der Waals surface area contributed by atoms with E-state index in [1.165, 1.54) is 0 Å². The molecule has 1 unspecified atom stereocenters. The normalized spacial score (nSPS) is 21.1. The fourth-order valence-electron chi connectivity index (χ4n) is 1.93. The zero-order valence-electron chi connectivity index (χ0n) is 9.11. The lowest BCUT2D eigenvalue weighted by Gasteiger charge is -2.21. The van der Waals surface area contributed by atoms with Gasteiger partial charge in [-0.05, 0) is 12.0 Å². The number of hydrogen-bond acceptors (Lipinski definition) is 3. The first kappa shape index (κ1) is 11.0. The lowest BCUT2D eigenvalue weighted by Crippen LogP contribution is -2.40. The van der Waals surface area contributed by atoms with E-state index in [4.69, 9.17) is 0 Å². The second-order valence-corrected chi connectivity index (χ2v) is 4.14. The van der Waals surface area contributed by atoms with Crippen molar-refractivity contribution < 1.29 is 9.59 Å². The van der Waals surface area contributed by atoms with E-state index in [0.29, 0.717) is 19.4 Å². The maximum Gasteiger partial charge on any atom is 0.157 e. The fraction of sp³-hybridized carbons (Fsp3) is 0.385. The van der Waals surface area contributed by atoms with E-state index in [9.17, 15) is 9.59 Å². The topological polar surface area (TPSA) is 46.2 Å². The van der Waals surface area contributed by atoms with Crippen molar-refractivity contribution in [1.82, 2.24) is 5.32 Å². The summed E-state index contributed by atoms with van der Waals surface area (Å²) in [6.45, 7) is 0.686. The maximum atomic E-state index is 11.5. The predicted molar refractivity (Wildman–Crippen MR) is 60.9 cm³/mol. The van der Waals surface area contributed by atoms with Gasteiger partial charge in [0.05, 0.1) is 12.5 Å². The Kier molecular flexibility index (Phi) is 3.47. The van der Waals surface area contributed by atoms with Gasteiger partial charge in [-0.3, -0.25) is 9.59 Å². The highest BCUT2D eigenvalue weighted by Gasteiger charge is 2.26. The Balaban J connectivity index is 1.87. The number of carbonyl (C=O) groups excluding carboxylic acids is 2. The summed E-state index contributed by atoms with van der Waals surface area (Å²) in [6, 6.07) is 9.81. The Morgan fingerprint density at radius 1 is 1.19 bits per heavy atom. The lowest BCUT2D eigenvalue weighted by molar-refractivity contribution is -0.131. The Labute approximate surface area is 94.9 Å². The van der Waals surface area contributed by atoms with Crippen molar-refractivity contribution in [3.63, 3.8) is 0 Å². The minimum Gasteiger partial charge on any atom is -0.303 e. The zero-order valence-corrected chi connectivity index (χ0v) is 9.11. The first-order valence-electron chi connectivity index (χ1n) is 5.57. The van der Waals surface area contributed by atoms with Crippen molar-refractivity contribution in [2.75, 3.05) is 0 Å². The van der Waals surface area contributed by atoms with Gasteiger partial charge in [0.2, 0.25) is 0 Å². The Morgan fingerprint density at radius 2 is 1.94 bits per heavy atom. The molecule has 0 aliphatic heterocycles. The molecule has 1 saturated carbocycles.